The topological polar surface area (TPSA) is 101 Å². The number of hydrogen-bond donors (Lipinski definition) is 2. The van der Waals surface area contributed by atoms with Crippen molar-refractivity contribution in [1.82, 2.24) is 14.3 Å². The normalized spacial score (nSPS) is 11.7. The van der Waals surface area contributed by atoms with Gasteiger partial charge in [-0.1, -0.05) is 23.7 Å². The number of hydrogen-bond acceptors (Lipinski definition) is 4. The van der Waals surface area contributed by atoms with Gasteiger partial charge in [-0.15, -0.1) is 0 Å². The molecule has 0 spiro atoms. The van der Waals surface area contributed by atoms with Gasteiger partial charge < -0.3 is 9.55 Å². The van der Waals surface area contributed by atoms with Crippen LogP contribution in [0.5, 0.6) is 0 Å². The van der Waals surface area contributed by atoms with E-state index in [2.05, 4.69) is 9.71 Å². The van der Waals surface area contributed by atoms with Crippen LogP contribution in [0, 0.1) is 0 Å². The SMILES string of the molecule is O=c1[nH]c2ccccc2n(CCNS(=O)(=O)c2ccc(Cl)cc2)c1=O. The predicted molar refractivity (Wildman–Crippen MR) is 95.5 cm³/mol. The zero-order valence-electron chi connectivity index (χ0n) is 12.9. The second-order valence-corrected chi connectivity index (χ2v) is 7.48. The first kappa shape index (κ1) is 17.4. The van der Waals surface area contributed by atoms with Gasteiger partial charge in [0.25, 0.3) is 0 Å². The van der Waals surface area contributed by atoms with Gasteiger partial charge in [-0.3, -0.25) is 9.59 Å². The number of nitrogens with zero attached hydrogens (tertiary/aromatic N) is 1. The number of halogens is 1. The van der Waals surface area contributed by atoms with Crippen LogP contribution < -0.4 is 15.8 Å². The quantitative estimate of drug-likeness (QED) is 0.653. The number of benzene rings is 2. The molecule has 0 radical (unpaired) electrons. The van der Waals surface area contributed by atoms with Crippen LogP contribution in [-0.4, -0.2) is 24.5 Å². The Morgan fingerprint density at radius 2 is 1.72 bits per heavy atom. The molecule has 25 heavy (non-hydrogen) atoms. The van der Waals surface area contributed by atoms with Crippen LogP contribution in [0.25, 0.3) is 11.0 Å². The van der Waals surface area contributed by atoms with E-state index in [1.54, 1.807) is 24.3 Å². The fourth-order valence-corrected chi connectivity index (χ4v) is 3.58. The van der Waals surface area contributed by atoms with Gasteiger partial charge in [-0.25, -0.2) is 13.1 Å². The van der Waals surface area contributed by atoms with Crippen molar-refractivity contribution in [3.05, 3.63) is 74.3 Å². The van der Waals surface area contributed by atoms with Crippen molar-refractivity contribution in [2.45, 2.75) is 11.4 Å². The number of H-pyrrole nitrogens is 1. The summed E-state index contributed by atoms with van der Waals surface area (Å²) in [5.74, 6) is 0. The van der Waals surface area contributed by atoms with Gasteiger partial charge in [0.2, 0.25) is 10.0 Å². The summed E-state index contributed by atoms with van der Waals surface area (Å²) in [4.78, 5) is 26.4. The minimum absolute atomic E-state index is 0.0239. The highest BCUT2D eigenvalue weighted by atomic mass is 35.5. The molecule has 1 aromatic heterocycles. The Bertz CT molecular complexity index is 1130. The highest BCUT2D eigenvalue weighted by molar-refractivity contribution is 7.89. The highest BCUT2D eigenvalue weighted by Gasteiger charge is 2.14. The Morgan fingerprint density at radius 1 is 1.04 bits per heavy atom. The molecule has 2 aromatic carbocycles. The van der Waals surface area contributed by atoms with Gasteiger partial charge in [0, 0.05) is 18.1 Å². The van der Waals surface area contributed by atoms with Gasteiger partial charge in [0.1, 0.15) is 0 Å². The Hall–Kier alpha value is -2.42. The van der Waals surface area contributed by atoms with E-state index >= 15 is 0 Å². The molecule has 0 aliphatic heterocycles. The van der Waals surface area contributed by atoms with E-state index in [9.17, 15) is 18.0 Å². The molecule has 0 saturated heterocycles. The molecule has 0 aliphatic rings. The molecular formula is C16H14ClN3O4S. The average Bonchev–Trinajstić information content (AvgIpc) is 2.58. The van der Waals surface area contributed by atoms with Gasteiger partial charge in [-0.2, -0.15) is 0 Å². The van der Waals surface area contributed by atoms with Crippen molar-refractivity contribution in [2.24, 2.45) is 0 Å². The number of fused-ring (bicyclic) bond motifs is 1. The number of rotatable bonds is 5. The second-order valence-electron chi connectivity index (χ2n) is 5.28. The smallest absolute Gasteiger partial charge is 0.316 e. The summed E-state index contributed by atoms with van der Waals surface area (Å²) < 4.78 is 28.1. The lowest BCUT2D eigenvalue weighted by atomic mass is 10.3. The van der Waals surface area contributed by atoms with Crippen LogP contribution in [-0.2, 0) is 16.6 Å². The van der Waals surface area contributed by atoms with Crippen LogP contribution in [0.1, 0.15) is 0 Å². The summed E-state index contributed by atoms with van der Waals surface area (Å²) in [6.45, 7) is -0.0194. The molecule has 1 heterocycles. The van der Waals surface area contributed by atoms with Crippen molar-refractivity contribution < 1.29 is 8.42 Å². The largest absolute Gasteiger partial charge is 0.316 e. The van der Waals surface area contributed by atoms with E-state index in [0.717, 1.165) is 0 Å². The third kappa shape index (κ3) is 3.65. The molecule has 0 saturated carbocycles. The van der Waals surface area contributed by atoms with E-state index in [-0.39, 0.29) is 18.0 Å². The first-order valence-corrected chi connectivity index (χ1v) is 9.22. The molecule has 2 N–H and O–H groups in total. The summed E-state index contributed by atoms with van der Waals surface area (Å²) in [6.07, 6.45) is 0. The lowest BCUT2D eigenvalue weighted by Crippen LogP contribution is -2.39. The fourth-order valence-electron chi connectivity index (χ4n) is 2.43. The van der Waals surface area contributed by atoms with Gasteiger partial charge in [0.05, 0.1) is 15.9 Å². The number of nitrogens with one attached hydrogen (secondary N) is 2. The maximum Gasteiger partial charge on any atom is 0.316 e. The zero-order valence-corrected chi connectivity index (χ0v) is 14.5. The van der Waals surface area contributed by atoms with E-state index in [1.165, 1.54) is 28.8 Å². The van der Waals surface area contributed by atoms with E-state index < -0.39 is 21.1 Å². The third-order valence-electron chi connectivity index (χ3n) is 3.63. The highest BCUT2D eigenvalue weighted by Crippen LogP contribution is 2.13. The molecular weight excluding hydrogens is 366 g/mol. The van der Waals surface area contributed by atoms with E-state index in [0.29, 0.717) is 16.1 Å². The number of para-hydroxylation sites is 2. The average molecular weight is 380 g/mol. The molecule has 3 aromatic rings. The molecule has 0 amide bonds. The Morgan fingerprint density at radius 3 is 2.44 bits per heavy atom. The van der Waals surface area contributed by atoms with Crippen molar-refractivity contribution in [3.63, 3.8) is 0 Å². The van der Waals surface area contributed by atoms with Crippen molar-refractivity contribution >= 4 is 32.7 Å². The Labute approximate surface area is 147 Å². The number of aromatic amines is 1. The minimum Gasteiger partial charge on any atom is -0.316 e. The first-order chi connectivity index (χ1) is 11.9. The minimum atomic E-state index is -3.73. The Balaban J connectivity index is 1.84. The molecule has 0 unspecified atom stereocenters. The van der Waals surface area contributed by atoms with Crippen LogP contribution >= 0.6 is 11.6 Å². The first-order valence-electron chi connectivity index (χ1n) is 7.35. The molecule has 0 bridgehead atoms. The summed E-state index contributed by atoms with van der Waals surface area (Å²) in [5, 5.41) is 0.431. The van der Waals surface area contributed by atoms with Gasteiger partial charge in [-0.05, 0) is 36.4 Å². The Kier molecular flexibility index (Phi) is 4.76. The van der Waals surface area contributed by atoms with Crippen LogP contribution in [0.4, 0.5) is 0 Å². The molecule has 7 nitrogen and oxygen atoms in total. The fraction of sp³-hybridized carbons (Fsp3) is 0.125. The number of aromatic nitrogens is 2. The summed E-state index contributed by atoms with van der Waals surface area (Å²) in [6, 6.07) is 12.5. The molecule has 130 valence electrons. The van der Waals surface area contributed by atoms with E-state index in [4.69, 9.17) is 11.6 Å². The standard InChI is InChI=1S/C16H14ClN3O4S/c17-11-5-7-12(8-6-11)25(23,24)18-9-10-20-14-4-2-1-3-13(14)19-15(21)16(20)22/h1-8,18H,9-10H2,(H,19,21). The lowest BCUT2D eigenvalue weighted by molar-refractivity contribution is 0.572. The maximum atomic E-state index is 12.2. The molecule has 0 fully saturated rings. The summed E-state index contributed by atoms with van der Waals surface area (Å²) in [5.41, 5.74) is -0.450. The maximum absolute atomic E-state index is 12.2. The van der Waals surface area contributed by atoms with Crippen LogP contribution in [0.3, 0.4) is 0 Å². The molecule has 9 heteroatoms. The predicted octanol–water partition coefficient (Wildman–Crippen LogP) is 1.32. The van der Waals surface area contributed by atoms with Crippen molar-refractivity contribution in [3.8, 4) is 0 Å². The molecule has 0 aliphatic carbocycles. The number of sulfonamides is 1. The monoisotopic (exact) mass is 379 g/mol. The summed E-state index contributed by atoms with van der Waals surface area (Å²) in [7, 11) is -3.73. The van der Waals surface area contributed by atoms with Crippen molar-refractivity contribution in [2.75, 3.05) is 6.54 Å². The van der Waals surface area contributed by atoms with Crippen molar-refractivity contribution in [1.29, 1.82) is 0 Å². The van der Waals surface area contributed by atoms with Gasteiger partial charge in [0.15, 0.2) is 0 Å². The zero-order chi connectivity index (χ0) is 18.0. The molecule has 3 rings (SSSR count). The second kappa shape index (κ2) is 6.83. The lowest BCUT2D eigenvalue weighted by Gasteiger charge is -2.11. The van der Waals surface area contributed by atoms with Crippen LogP contribution in [0.15, 0.2) is 63.0 Å². The molecule has 0 atom stereocenters. The van der Waals surface area contributed by atoms with Gasteiger partial charge >= 0.3 is 11.1 Å². The van der Waals surface area contributed by atoms with Crippen LogP contribution in [0.2, 0.25) is 5.02 Å². The van der Waals surface area contributed by atoms with E-state index in [1.807, 2.05) is 0 Å². The summed E-state index contributed by atoms with van der Waals surface area (Å²) >= 11 is 5.75. The third-order valence-corrected chi connectivity index (χ3v) is 5.36.